The summed E-state index contributed by atoms with van der Waals surface area (Å²) >= 11 is 0.941. The minimum atomic E-state index is -3.69. The lowest BCUT2D eigenvalue weighted by Crippen LogP contribution is -2.24. The van der Waals surface area contributed by atoms with Crippen LogP contribution < -0.4 is 10.0 Å². The minimum absolute atomic E-state index is 0.0882. The van der Waals surface area contributed by atoms with Crippen LogP contribution in [0.15, 0.2) is 10.3 Å². The Balaban J connectivity index is 3.07. The number of aliphatic hydroxyl groups excluding tert-OH is 1. The van der Waals surface area contributed by atoms with Crippen LogP contribution in [0.4, 0.5) is 5.00 Å². The fourth-order valence-electron chi connectivity index (χ4n) is 1.12. The van der Waals surface area contributed by atoms with Crippen molar-refractivity contribution in [3.05, 3.63) is 11.6 Å². The molecule has 0 radical (unpaired) electrons. The van der Waals surface area contributed by atoms with E-state index >= 15 is 0 Å². The molecule has 0 fully saturated rings. The SMILES string of the molecule is CC(=O)Nc1cc(C)c(S(=O)(=O)NCO)s1. The average molecular weight is 264 g/mol. The lowest BCUT2D eigenvalue weighted by Gasteiger charge is -2.01. The number of amides is 1. The van der Waals surface area contributed by atoms with Gasteiger partial charge in [0, 0.05) is 6.92 Å². The maximum Gasteiger partial charge on any atom is 0.252 e. The first-order chi connectivity index (χ1) is 7.36. The van der Waals surface area contributed by atoms with Gasteiger partial charge in [0.15, 0.2) is 0 Å². The summed E-state index contributed by atoms with van der Waals surface area (Å²) in [5, 5.41) is 11.5. The van der Waals surface area contributed by atoms with E-state index in [-0.39, 0.29) is 10.1 Å². The van der Waals surface area contributed by atoms with Gasteiger partial charge in [0.2, 0.25) is 5.91 Å². The number of anilines is 1. The Kier molecular flexibility index (Phi) is 4.03. The normalized spacial score (nSPS) is 11.4. The molecular formula is C8H12N2O4S2. The number of carbonyl (C=O) groups excluding carboxylic acids is 1. The van der Waals surface area contributed by atoms with Crippen LogP contribution in [-0.2, 0) is 14.8 Å². The molecule has 0 aliphatic carbocycles. The van der Waals surface area contributed by atoms with E-state index in [1.807, 2.05) is 4.72 Å². The average Bonchev–Trinajstić information content (AvgIpc) is 2.45. The van der Waals surface area contributed by atoms with Gasteiger partial charge in [0.25, 0.3) is 10.0 Å². The molecular weight excluding hydrogens is 252 g/mol. The monoisotopic (exact) mass is 264 g/mol. The lowest BCUT2D eigenvalue weighted by molar-refractivity contribution is -0.114. The number of sulfonamides is 1. The van der Waals surface area contributed by atoms with Gasteiger partial charge in [-0.05, 0) is 18.6 Å². The summed E-state index contributed by atoms with van der Waals surface area (Å²) in [5.41, 5.74) is 0.523. The second-order valence-electron chi connectivity index (χ2n) is 3.07. The Bertz CT molecular complexity index is 492. The summed E-state index contributed by atoms with van der Waals surface area (Å²) < 4.78 is 25.2. The minimum Gasteiger partial charge on any atom is -0.380 e. The molecule has 90 valence electrons. The van der Waals surface area contributed by atoms with Crippen LogP contribution in [0.2, 0.25) is 0 Å². The number of hydrogen-bond acceptors (Lipinski definition) is 5. The third-order valence-corrected chi connectivity index (χ3v) is 4.84. The molecule has 1 aromatic heterocycles. The Morgan fingerprint density at radius 3 is 2.69 bits per heavy atom. The van der Waals surface area contributed by atoms with E-state index in [0.29, 0.717) is 10.6 Å². The van der Waals surface area contributed by atoms with E-state index in [9.17, 15) is 13.2 Å². The van der Waals surface area contributed by atoms with E-state index in [0.717, 1.165) is 11.3 Å². The third kappa shape index (κ3) is 3.01. The highest BCUT2D eigenvalue weighted by atomic mass is 32.2. The summed E-state index contributed by atoms with van der Waals surface area (Å²) in [5.74, 6) is -0.264. The Hall–Kier alpha value is -0.960. The summed E-state index contributed by atoms with van der Waals surface area (Å²) in [6.07, 6.45) is 0. The van der Waals surface area contributed by atoms with Crippen molar-refractivity contribution in [3.8, 4) is 0 Å². The fourth-order valence-corrected chi connectivity index (χ4v) is 3.64. The molecule has 0 aliphatic rings. The molecule has 1 rings (SSSR count). The van der Waals surface area contributed by atoms with Crippen LogP contribution >= 0.6 is 11.3 Å². The van der Waals surface area contributed by atoms with Crippen molar-refractivity contribution in [3.63, 3.8) is 0 Å². The molecule has 0 unspecified atom stereocenters. The maximum absolute atomic E-state index is 11.6. The van der Waals surface area contributed by atoms with Crippen molar-refractivity contribution < 1.29 is 18.3 Å². The highest BCUT2D eigenvalue weighted by molar-refractivity contribution is 7.91. The molecule has 0 aliphatic heterocycles. The van der Waals surface area contributed by atoms with Gasteiger partial charge >= 0.3 is 0 Å². The van der Waals surface area contributed by atoms with Gasteiger partial charge < -0.3 is 10.4 Å². The molecule has 8 heteroatoms. The molecule has 0 spiro atoms. The first-order valence-electron chi connectivity index (χ1n) is 4.35. The van der Waals surface area contributed by atoms with Crippen molar-refractivity contribution in [1.29, 1.82) is 0 Å². The van der Waals surface area contributed by atoms with E-state index < -0.39 is 16.8 Å². The Morgan fingerprint density at radius 2 is 2.19 bits per heavy atom. The molecule has 0 aromatic carbocycles. The molecule has 1 aromatic rings. The summed E-state index contributed by atoms with van der Waals surface area (Å²) in [7, 11) is -3.69. The number of thiophene rings is 1. The maximum atomic E-state index is 11.6. The lowest BCUT2D eigenvalue weighted by atomic mass is 10.4. The Labute approximate surface area is 97.3 Å². The summed E-state index contributed by atoms with van der Waals surface area (Å²) in [4.78, 5) is 10.8. The molecule has 0 bridgehead atoms. The molecule has 3 N–H and O–H groups in total. The number of rotatable bonds is 4. The van der Waals surface area contributed by atoms with Crippen LogP contribution in [-0.4, -0.2) is 26.2 Å². The molecule has 16 heavy (non-hydrogen) atoms. The topological polar surface area (TPSA) is 95.5 Å². The second-order valence-corrected chi connectivity index (χ2v) is 6.08. The number of carbonyl (C=O) groups is 1. The number of aryl methyl sites for hydroxylation is 1. The highest BCUT2D eigenvalue weighted by Crippen LogP contribution is 2.30. The first-order valence-corrected chi connectivity index (χ1v) is 6.65. The highest BCUT2D eigenvalue weighted by Gasteiger charge is 2.19. The van der Waals surface area contributed by atoms with Crippen LogP contribution in [0.3, 0.4) is 0 Å². The van der Waals surface area contributed by atoms with Crippen molar-refractivity contribution in [2.75, 3.05) is 12.0 Å². The van der Waals surface area contributed by atoms with Crippen molar-refractivity contribution in [2.45, 2.75) is 18.1 Å². The molecule has 0 atom stereocenters. The molecule has 1 amide bonds. The molecule has 0 saturated heterocycles. The van der Waals surface area contributed by atoms with Crippen LogP contribution in [0.25, 0.3) is 0 Å². The predicted octanol–water partition coefficient (Wildman–Crippen LogP) is 0.243. The fraction of sp³-hybridized carbons (Fsp3) is 0.375. The molecule has 6 nitrogen and oxygen atoms in total. The van der Waals surface area contributed by atoms with E-state index in [1.165, 1.54) is 6.92 Å². The van der Waals surface area contributed by atoms with Gasteiger partial charge in [0.05, 0.1) is 5.00 Å². The van der Waals surface area contributed by atoms with Crippen LogP contribution in [0.1, 0.15) is 12.5 Å². The van der Waals surface area contributed by atoms with Crippen molar-refractivity contribution in [2.24, 2.45) is 0 Å². The van der Waals surface area contributed by atoms with E-state index in [1.54, 1.807) is 13.0 Å². The zero-order valence-corrected chi connectivity index (χ0v) is 10.4. The number of hydrogen-bond donors (Lipinski definition) is 3. The second kappa shape index (κ2) is 4.91. The zero-order chi connectivity index (χ0) is 12.3. The largest absolute Gasteiger partial charge is 0.380 e. The van der Waals surface area contributed by atoms with Gasteiger partial charge in [-0.15, -0.1) is 11.3 Å². The molecule has 1 heterocycles. The van der Waals surface area contributed by atoms with E-state index in [2.05, 4.69) is 5.32 Å². The third-order valence-electron chi connectivity index (χ3n) is 1.67. The van der Waals surface area contributed by atoms with Gasteiger partial charge in [-0.1, -0.05) is 0 Å². The van der Waals surface area contributed by atoms with Gasteiger partial charge in [0.1, 0.15) is 10.9 Å². The van der Waals surface area contributed by atoms with Crippen molar-refractivity contribution >= 4 is 32.3 Å². The number of aliphatic hydroxyl groups is 1. The van der Waals surface area contributed by atoms with E-state index in [4.69, 9.17) is 5.11 Å². The van der Waals surface area contributed by atoms with Gasteiger partial charge in [-0.2, -0.15) is 4.72 Å². The quantitative estimate of drug-likeness (QED) is 0.679. The molecule has 0 saturated carbocycles. The number of nitrogens with one attached hydrogen (secondary N) is 2. The van der Waals surface area contributed by atoms with Crippen molar-refractivity contribution in [1.82, 2.24) is 4.72 Å². The standard InChI is InChI=1S/C8H12N2O4S2/c1-5-3-7(10-6(2)12)15-8(5)16(13,14)9-4-11/h3,9,11H,4H2,1-2H3,(H,10,12). The van der Waals surface area contributed by atoms with Gasteiger partial charge in [-0.3, -0.25) is 4.79 Å². The predicted molar refractivity (Wildman–Crippen MR) is 60.8 cm³/mol. The van der Waals surface area contributed by atoms with Crippen LogP contribution in [0, 0.1) is 6.92 Å². The van der Waals surface area contributed by atoms with Gasteiger partial charge in [-0.25, -0.2) is 8.42 Å². The summed E-state index contributed by atoms with van der Waals surface area (Å²) in [6, 6.07) is 1.57. The summed E-state index contributed by atoms with van der Waals surface area (Å²) in [6.45, 7) is 2.30. The van der Waals surface area contributed by atoms with Crippen LogP contribution in [0.5, 0.6) is 0 Å². The Morgan fingerprint density at radius 1 is 1.56 bits per heavy atom. The first kappa shape index (κ1) is 13.1. The zero-order valence-electron chi connectivity index (χ0n) is 8.77. The smallest absolute Gasteiger partial charge is 0.252 e.